The Kier molecular flexibility index (Phi) is 7.79. The second kappa shape index (κ2) is 10.1. The zero-order valence-electron chi connectivity index (χ0n) is 16.8. The van der Waals surface area contributed by atoms with Crippen LogP contribution in [-0.4, -0.2) is 41.9 Å². The van der Waals surface area contributed by atoms with Gasteiger partial charge in [-0.2, -0.15) is 0 Å². The number of rotatable bonds is 7. The summed E-state index contributed by atoms with van der Waals surface area (Å²) < 4.78 is 0. The Morgan fingerprint density at radius 1 is 1.11 bits per heavy atom. The first-order valence-electron chi connectivity index (χ1n) is 9.24. The second-order valence-corrected chi connectivity index (χ2v) is 7.48. The molecule has 0 radical (unpaired) electrons. The summed E-state index contributed by atoms with van der Waals surface area (Å²) in [4.78, 5) is 24.1. The van der Waals surface area contributed by atoms with Crippen LogP contribution in [0.3, 0.4) is 0 Å². The van der Waals surface area contributed by atoms with Crippen LogP contribution in [-0.2, 0) is 13.1 Å². The smallest absolute Gasteiger partial charge is 0.253 e. The van der Waals surface area contributed by atoms with Crippen LogP contribution in [0.2, 0.25) is 0 Å². The van der Waals surface area contributed by atoms with Gasteiger partial charge in [0.25, 0.3) is 5.91 Å². The molecule has 1 aromatic heterocycles. The quantitative estimate of drug-likeness (QED) is 0.566. The molecule has 2 rings (SSSR count). The molecule has 146 valence electrons. The molecule has 0 unspecified atom stereocenters. The van der Waals surface area contributed by atoms with Gasteiger partial charge >= 0.3 is 0 Å². The van der Waals surface area contributed by atoms with Crippen LogP contribution in [0.15, 0.2) is 29.3 Å². The highest BCUT2D eigenvalue weighted by Crippen LogP contribution is 2.16. The Hall–Kier alpha value is -2.41. The van der Waals surface area contributed by atoms with Gasteiger partial charge in [-0.05, 0) is 45.4 Å². The Morgan fingerprint density at radius 3 is 2.26 bits per heavy atom. The van der Waals surface area contributed by atoms with E-state index < -0.39 is 0 Å². The summed E-state index contributed by atoms with van der Waals surface area (Å²) >= 11 is 1.70. The van der Waals surface area contributed by atoms with E-state index in [2.05, 4.69) is 20.6 Å². The monoisotopic (exact) mass is 387 g/mol. The maximum Gasteiger partial charge on any atom is 0.253 e. The first kappa shape index (κ1) is 20.9. The van der Waals surface area contributed by atoms with E-state index in [4.69, 9.17) is 0 Å². The number of amides is 1. The Balaban J connectivity index is 1.89. The number of thiazole rings is 1. The molecule has 2 N–H and O–H groups in total. The van der Waals surface area contributed by atoms with Crippen molar-refractivity contribution >= 4 is 23.2 Å². The maximum absolute atomic E-state index is 12.4. The number of carbonyl (C=O) groups excluding carboxylic acids is 1. The molecule has 1 heterocycles. The van der Waals surface area contributed by atoms with Crippen LogP contribution in [0.25, 0.3) is 0 Å². The number of aryl methyl sites for hydroxylation is 2. The predicted molar refractivity (Wildman–Crippen MR) is 112 cm³/mol. The molecule has 6 nitrogen and oxygen atoms in total. The molecule has 0 aliphatic rings. The number of aliphatic imine (C=N–C) groups is 1. The average Bonchev–Trinajstić information content (AvgIpc) is 3.00. The number of nitrogens with one attached hydrogen (secondary N) is 2. The molecule has 0 aliphatic heterocycles. The zero-order chi connectivity index (χ0) is 19.8. The highest BCUT2D eigenvalue weighted by Gasteiger charge is 2.12. The molecule has 1 aromatic carbocycles. The third-order valence-corrected chi connectivity index (χ3v) is 5.42. The lowest BCUT2D eigenvalue weighted by Crippen LogP contribution is -2.36. The topological polar surface area (TPSA) is 69.6 Å². The van der Waals surface area contributed by atoms with Crippen LogP contribution in [0, 0.1) is 13.8 Å². The van der Waals surface area contributed by atoms with E-state index in [0.29, 0.717) is 13.1 Å². The normalized spacial score (nSPS) is 11.4. The second-order valence-electron chi connectivity index (χ2n) is 6.20. The molecule has 7 heteroatoms. The molecule has 2 aromatic rings. The standard InChI is InChI=1S/C20H29N5OS/c1-6-25(7-2)19(26)17-10-8-16(9-11-17)12-22-20(21-5)23-13-18-14(3)24-15(4)27-18/h8-11H,6-7,12-13H2,1-5H3,(H2,21,22,23). The van der Waals surface area contributed by atoms with Crippen molar-refractivity contribution < 1.29 is 4.79 Å². The lowest BCUT2D eigenvalue weighted by Gasteiger charge is -2.18. The summed E-state index contributed by atoms with van der Waals surface area (Å²) in [5, 5.41) is 7.70. The van der Waals surface area contributed by atoms with E-state index in [1.165, 1.54) is 4.88 Å². The summed E-state index contributed by atoms with van der Waals surface area (Å²) in [6.45, 7) is 10.8. The van der Waals surface area contributed by atoms with Gasteiger partial charge < -0.3 is 15.5 Å². The minimum Gasteiger partial charge on any atom is -0.352 e. The predicted octanol–water partition coefficient (Wildman–Crippen LogP) is 3.11. The molecule has 0 saturated carbocycles. The van der Waals surface area contributed by atoms with E-state index >= 15 is 0 Å². The minimum atomic E-state index is 0.0761. The summed E-state index contributed by atoms with van der Waals surface area (Å²) in [6.07, 6.45) is 0. The number of carbonyl (C=O) groups is 1. The van der Waals surface area contributed by atoms with Crippen LogP contribution in [0.5, 0.6) is 0 Å². The lowest BCUT2D eigenvalue weighted by atomic mass is 10.1. The Morgan fingerprint density at radius 2 is 1.74 bits per heavy atom. The largest absolute Gasteiger partial charge is 0.352 e. The first-order valence-corrected chi connectivity index (χ1v) is 10.1. The lowest BCUT2D eigenvalue weighted by molar-refractivity contribution is 0.0773. The van der Waals surface area contributed by atoms with Crippen molar-refractivity contribution in [1.29, 1.82) is 0 Å². The number of benzene rings is 1. The minimum absolute atomic E-state index is 0.0761. The van der Waals surface area contributed by atoms with Crippen molar-refractivity contribution in [3.8, 4) is 0 Å². The number of hydrogen-bond acceptors (Lipinski definition) is 4. The van der Waals surface area contributed by atoms with Crippen molar-refractivity contribution in [3.63, 3.8) is 0 Å². The van der Waals surface area contributed by atoms with Gasteiger partial charge in [0.05, 0.1) is 17.2 Å². The number of guanidine groups is 1. The molecule has 0 aliphatic carbocycles. The van der Waals surface area contributed by atoms with Crippen molar-refractivity contribution in [1.82, 2.24) is 20.5 Å². The van der Waals surface area contributed by atoms with Crippen LogP contribution >= 0.6 is 11.3 Å². The fourth-order valence-electron chi connectivity index (χ4n) is 2.77. The molecule has 0 atom stereocenters. The van der Waals surface area contributed by atoms with Gasteiger partial charge in [0.1, 0.15) is 0 Å². The first-order chi connectivity index (χ1) is 13.0. The Labute approximate surface area is 165 Å². The fourth-order valence-corrected chi connectivity index (χ4v) is 3.64. The molecular weight excluding hydrogens is 358 g/mol. The van der Waals surface area contributed by atoms with Crippen LogP contribution in [0.4, 0.5) is 0 Å². The molecule has 0 fully saturated rings. The van der Waals surface area contributed by atoms with Crippen molar-refractivity contribution in [2.24, 2.45) is 4.99 Å². The van der Waals surface area contributed by atoms with Gasteiger partial charge in [-0.1, -0.05) is 12.1 Å². The summed E-state index contributed by atoms with van der Waals surface area (Å²) in [7, 11) is 1.76. The van der Waals surface area contributed by atoms with Gasteiger partial charge in [0.15, 0.2) is 5.96 Å². The van der Waals surface area contributed by atoms with Gasteiger partial charge in [-0.25, -0.2) is 4.98 Å². The number of nitrogens with zero attached hydrogens (tertiary/aromatic N) is 3. The summed E-state index contributed by atoms with van der Waals surface area (Å²) in [5.74, 6) is 0.816. The third kappa shape index (κ3) is 5.79. The van der Waals surface area contributed by atoms with E-state index in [1.807, 2.05) is 56.9 Å². The van der Waals surface area contributed by atoms with Crippen LogP contribution in [0.1, 0.15) is 45.3 Å². The average molecular weight is 388 g/mol. The van der Waals surface area contributed by atoms with E-state index in [9.17, 15) is 4.79 Å². The highest BCUT2D eigenvalue weighted by atomic mass is 32.1. The molecule has 0 bridgehead atoms. The SMILES string of the molecule is CCN(CC)C(=O)c1ccc(CNC(=NC)NCc2sc(C)nc2C)cc1. The summed E-state index contributed by atoms with van der Waals surface area (Å²) in [5.41, 5.74) is 2.88. The van der Waals surface area contributed by atoms with Gasteiger partial charge in [0, 0.05) is 37.1 Å². The maximum atomic E-state index is 12.4. The third-order valence-electron chi connectivity index (χ3n) is 4.35. The van der Waals surface area contributed by atoms with Gasteiger partial charge in [0.2, 0.25) is 0 Å². The van der Waals surface area contributed by atoms with Crippen molar-refractivity contribution in [2.45, 2.75) is 40.8 Å². The zero-order valence-corrected chi connectivity index (χ0v) is 17.6. The van der Waals surface area contributed by atoms with Crippen molar-refractivity contribution in [2.75, 3.05) is 20.1 Å². The molecule has 1 amide bonds. The fraction of sp³-hybridized carbons (Fsp3) is 0.450. The molecule has 27 heavy (non-hydrogen) atoms. The summed E-state index contributed by atoms with van der Waals surface area (Å²) in [6, 6.07) is 7.73. The molecule has 0 saturated heterocycles. The van der Waals surface area contributed by atoms with E-state index in [1.54, 1.807) is 18.4 Å². The number of hydrogen-bond donors (Lipinski definition) is 2. The Bertz CT molecular complexity index is 778. The van der Waals surface area contributed by atoms with E-state index in [0.717, 1.165) is 40.9 Å². The van der Waals surface area contributed by atoms with Gasteiger partial charge in [-0.3, -0.25) is 9.79 Å². The van der Waals surface area contributed by atoms with Crippen molar-refractivity contribution in [3.05, 3.63) is 51.0 Å². The number of aromatic nitrogens is 1. The molecule has 0 spiro atoms. The highest BCUT2D eigenvalue weighted by molar-refractivity contribution is 7.11. The molecular formula is C20H29N5OS. The van der Waals surface area contributed by atoms with E-state index in [-0.39, 0.29) is 5.91 Å². The van der Waals surface area contributed by atoms with Gasteiger partial charge in [-0.15, -0.1) is 11.3 Å². The van der Waals surface area contributed by atoms with Crippen LogP contribution < -0.4 is 10.6 Å².